The highest BCUT2D eigenvalue weighted by Gasteiger charge is 2.16. The summed E-state index contributed by atoms with van der Waals surface area (Å²) < 4.78 is 41.1. The first-order valence-electron chi connectivity index (χ1n) is 9.15. The van der Waals surface area contributed by atoms with E-state index in [4.69, 9.17) is 14.9 Å². The molecule has 0 aliphatic rings. The number of rotatable bonds is 10. The molecule has 12 heteroatoms. The van der Waals surface area contributed by atoms with Gasteiger partial charge in [-0.25, -0.2) is 23.5 Å². The van der Waals surface area contributed by atoms with Crippen LogP contribution in [-0.4, -0.2) is 61.3 Å². The minimum absolute atomic E-state index is 0.00397. The number of esters is 1. The number of methoxy groups -OCH3 is 1. The van der Waals surface area contributed by atoms with Gasteiger partial charge in [0.2, 0.25) is 5.88 Å². The molecule has 2 rings (SSSR count). The molecule has 0 saturated carbocycles. The van der Waals surface area contributed by atoms with Crippen LogP contribution in [0.1, 0.15) is 20.8 Å². The van der Waals surface area contributed by atoms with E-state index >= 15 is 0 Å². The third-order valence-corrected chi connectivity index (χ3v) is 3.70. The largest absolute Gasteiger partial charge is 0.485 e. The van der Waals surface area contributed by atoms with Crippen molar-refractivity contribution in [2.45, 2.75) is 6.10 Å². The number of ether oxygens (including phenoxy) is 3. The zero-order valence-corrected chi connectivity index (χ0v) is 17.2. The predicted octanol–water partition coefficient (Wildman–Crippen LogP) is 2.18. The normalized spacial score (nSPS) is 10.7. The Morgan fingerprint density at radius 2 is 1.88 bits per heavy atom. The van der Waals surface area contributed by atoms with Gasteiger partial charge < -0.3 is 24.8 Å². The van der Waals surface area contributed by atoms with E-state index in [1.54, 1.807) is 7.05 Å². The van der Waals surface area contributed by atoms with Crippen molar-refractivity contribution in [3.8, 4) is 17.4 Å². The summed E-state index contributed by atoms with van der Waals surface area (Å²) >= 11 is 0. The van der Waals surface area contributed by atoms with Gasteiger partial charge in [0.15, 0.2) is 11.8 Å². The molecule has 0 fully saturated rings. The molecule has 2 aromatic rings. The summed E-state index contributed by atoms with van der Waals surface area (Å²) in [5, 5.41) is 12.7. The van der Waals surface area contributed by atoms with Crippen molar-refractivity contribution in [3.05, 3.63) is 54.1 Å². The van der Waals surface area contributed by atoms with E-state index in [1.807, 2.05) is 0 Å². The highest BCUT2D eigenvalue weighted by atomic mass is 19.1. The van der Waals surface area contributed by atoms with Crippen molar-refractivity contribution in [2.24, 2.45) is 0 Å². The van der Waals surface area contributed by atoms with Gasteiger partial charge in [0, 0.05) is 18.7 Å². The number of alkyl halides is 2. The Morgan fingerprint density at radius 1 is 1.16 bits per heavy atom. The third-order valence-electron chi connectivity index (χ3n) is 3.70. The number of amidine groups is 1. The molecule has 0 aliphatic heterocycles. The molecule has 0 atom stereocenters. The summed E-state index contributed by atoms with van der Waals surface area (Å²) in [6, 6.07) is 3.87. The molecule has 0 saturated heterocycles. The number of carbonyl (C=O) groups is 2. The molecule has 1 aromatic heterocycles. The van der Waals surface area contributed by atoms with Crippen molar-refractivity contribution in [1.29, 1.82) is 5.41 Å². The lowest BCUT2D eigenvalue weighted by molar-refractivity contribution is 0.0593. The van der Waals surface area contributed by atoms with E-state index in [0.717, 1.165) is 12.4 Å². The number of benzene rings is 1. The summed E-state index contributed by atoms with van der Waals surface area (Å²) in [6.07, 6.45) is 3.69. The summed E-state index contributed by atoms with van der Waals surface area (Å²) in [5.41, 5.74) is -0.0467. The molecule has 3 N–H and O–H groups in total. The fourth-order valence-electron chi connectivity index (χ4n) is 2.23. The van der Waals surface area contributed by atoms with Crippen molar-refractivity contribution < 1.29 is 32.6 Å². The lowest BCUT2D eigenvalue weighted by Gasteiger charge is -2.15. The number of nitrogens with one attached hydrogen (secondary N) is 3. The molecule has 1 heterocycles. The summed E-state index contributed by atoms with van der Waals surface area (Å²) in [6.45, 7) is -2.16. The fourth-order valence-corrected chi connectivity index (χ4v) is 2.23. The maximum absolute atomic E-state index is 12.9. The van der Waals surface area contributed by atoms with Gasteiger partial charge >= 0.3 is 5.97 Å². The molecule has 0 aliphatic carbocycles. The Hall–Kier alpha value is -4.09. The van der Waals surface area contributed by atoms with Crippen LogP contribution in [-0.2, 0) is 4.74 Å². The number of carbonyl (C=O) groups excluding carboxylic acids is 2. The zero-order valence-electron chi connectivity index (χ0n) is 17.2. The van der Waals surface area contributed by atoms with E-state index < -0.39 is 31.3 Å². The SMILES string of the molecule is CN/C=C\C(=N)NC(=O)c1cc(Oc2cnc(C(=O)OC)cn2)cc(OC(CF)CF)c1. The lowest BCUT2D eigenvalue weighted by atomic mass is 10.2. The molecule has 0 spiro atoms. The topological polar surface area (TPSA) is 136 Å². The number of hydrogen-bond acceptors (Lipinski definition) is 9. The van der Waals surface area contributed by atoms with Crippen molar-refractivity contribution >= 4 is 17.7 Å². The second-order valence-corrected chi connectivity index (χ2v) is 6.06. The van der Waals surface area contributed by atoms with Crippen LogP contribution in [0.3, 0.4) is 0 Å². The quantitative estimate of drug-likeness (QED) is 0.285. The molecule has 1 aromatic carbocycles. The highest BCUT2D eigenvalue weighted by molar-refractivity contribution is 6.09. The standard InChI is InChI=1S/C20H21F2N5O5/c1-24-4-3-17(23)27-19(28)12-5-13(31-15(8-21)9-22)7-14(6-12)32-18-11-25-16(10-26-18)20(29)30-2/h3-7,10-11,15,24H,8-9H2,1-2H3,(H2,23,27,28)/b4-3-. The van der Waals surface area contributed by atoms with Gasteiger partial charge in [-0.05, 0) is 24.4 Å². The average Bonchev–Trinajstić information content (AvgIpc) is 2.80. The van der Waals surface area contributed by atoms with Gasteiger partial charge in [0.05, 0.1) is 19.5 Å². The highest BCUT2D eigenvalue weighted by Crippen LogP contribution is 2.27. The molecule has 10 nitrogen and oxygen atoms in total. The number of hydrogen-bond donors (Lipinski definition) is 3. The van der Waals surface area contributed by atoms with Crippen LogP contribution >= 0.6 is 0 Å². The van der Waals surface area contributed by atoms with Gasteiger partial charge in [-0.1, -0.05) is 0 Å². The minimum atomic E-state index is -1.36. The van der Waals surface area contributed by atoms with Crippen LogP contribution in [0, 0.1) is 5.41 Å². The van der Waals surface area contributed by atoms with Crippen LogP contribution in [0.15, 0.2) is 42.9 Å². The van der Waals surface area contributed by atoms with E-state index in [1.165, 1.54) is 37.6 Å². The Morgan fingerprint density at radius 3 is 2.47 bits per heavy atom. The number of amides is 1. The summed E-state index contributed by atoms with van der Waals surface area (Å²) in [4.78, 5) is 31.7. The molecule has 0 bridgehead atoms. The zero-order chi connectivity index (χ0) is 23.5. The maximum atomic E-state index is 12.9. The van der Waals surface area contributed by atoms with E-state index in [0.29, 0.717) is 0 Å². The smallest absolute Gasteiger partial charge is 0.358 e. The van der Waals surface area contributed by atoms with Crippen LogP contribution in [0.5, 0.6) is 17.4 Å². The first-order chi connectivity index (χ1) is 15.4. The minimum Gasteiger partial charge on any atom is -0.485 e. The Kier molecular flexibility index (Phi) is 9.02. The van der Waals surface area contributed by atoms with Gasteiger partial charge in [0.25, 0.3) is 5.91 Å². The van der Waals surface area contributed by atoms with Gasteiger partial charge in [0.1, 0.15) is 30.7 Å². The third kappa shape index (κ3) is 7.00. The van der Waals surface area contributed by atoms with E-state index in [2.05, 4.69) is 25.3 Å². The summed E-state index contributed by atoms with van der Waals surface area (Å²) in [5.74, 6) is -1.59. The molecule has 0 unspecified atom stereocenters. The van der Waals surface area contributed by atoms with E-state index in [9.17, 15) is 18.4 Å². The first kappa shape index (κ1) is 24.2. The molecule has 0 radical (unpaired) electrons. The Bertz CT molecular complexity index is 981. The van der Waals surface area contributed by atoms with Gasteiger partial charge in [-0.3, -0.25) is 10.2 Å². The van der Waals surface area contributed by atoms with Crippen LogP contribution in [0.25, 0.3) is 0 Å². The number of aromatic nitrogens is 2. The molecular weight excluding hydrogens is 428 g/mol. The second-order valence-electron chi connectivity index (χ2n) is 6.06. The average molecular weight is 449 g/mol. The molecular formula is C20H21F2N5O5. The predicted molar refractivity (Wildman–Crippen MR) is 110 cm³/mol. The van der Waals surface area contributed by atoms with Crippen molar-refractivity contribution in [3.63, 3.8) is 0 Å². The molecule has 32 heavy (non-hydrogen) atoms. The lowest BCUT2D eigenvalue weighted by Crippen LogP contribution is -2.29. The Balaban J connectivity index is 2.30. The fraction of sp³-hybridized carbons (Fsp3) is 0.250. The second kappa shape index (κ2) is 11.9. The van der Waals surface area contributed by atoms with Crippen molar-refractivity contribution in [1.82, 2.24) is 20.6 Å². The van der Waals surface area contributed by atoms with Gasteiger partial charge in [-0.15, -0.1) is 0 Å². The van der Waals surface area contributed by atoms with Crippen LogP contribution in [0.2, 0.25) is 0 Å². The first-order valence-corrected chi connectivity index (χ1v) is 9.15. The number of halogens is 2. The van der Waals surface area contributed by atoms with Crippen LogP contribution < -0.4 is 20.1 Å². The van der Waals surface area contributed by atoms with E-state index in [-0.39, 0.29) is 34.5 Å². The molecule has 170 valence electrons. The number of nitrogens with zero attached hydrogens (tertiary/aromatic N) is 2. The Labute approximate surface area is 182 Å². The molecule has 1 amide bonds. The van der Waals surface area contributed by atoms with Crippen LogP contribution in [0.4, 0.5) is 8.78 Å². The van der Waals surface area contributed by atoms with Gasteiger partial charge in [-0.2, -0.15) is 0 Å². The van der Waals surface area contributed by atoms with Crippen molar-refractivity contribution in [2.75, 3.05) is 27.5 Å². The maximum Gasteiger partial charge on any atom is 0.358 e. The summed E-state index contributed by atoms with van der Waals surface area (Å²) in [7, 11) is 2.83. The monoisotopic (exact) mass is 449 g/mol.